The minimum absolute atomic E-state index is 0.250. The summed E-state index contributed by atoms with van der Waals surface area (Å²) in [5.74, 6) is 1.01. The Bertz CT molecular complexity index is 1080. The van der Waals surface area contributed by atoms with E-state index in [1.807, 2.05) is 12.1 Å². The SMILES string of the molecule is CC1CCc2nc(NC(=O)c3cnc(N4CCOCC4)nc3-c3ccncc3)sc2C1. The maximum absolute atomic E-state index is 13.2. The number of amides is 1. The number of carbonyl (C=O) groups is 1. The summed E-state index contributed by atoms with van der Waals surface area (Å²) >= 11 is 1.57. The van der Waals surface area contributed by atoms with Crippen LogP contribution in [0.3, 0.4) is 0 Å². The first-order valence-electron chi connectivity index (χ1n) is 10.6. The van der Waals surface area contributed by atoms with Gasteiger partial charge in [-0.2, -0.15) is 0 Å². The molecule has 1 N–H and O–H groups in total. The van der Waals surface area contributed by atoms with Gasteiger partial charge in [0.15, 0.2) is 5.13 Å². The number of ether oxygens (including phenoxy) is 1. The summed E-state index contributed by atoms with van der Waals surface area (Å²) in [6.07, 6.45) is 8.16. The molecule has 31 heavy (non-hydrogen) atoms. The molecular formula is C22H24N6O2S. The molecule has 160 valence electrons. The molecular weight excluding hydrogens is 412 g/mol. The van der Waals surface area contributed by atoms with Crippen molar-refractivity contribution in [1.82, 2.24) is 19.9 Å². The molecule has 1 aliphatic heterocycles. The number of aryl methyl sites for hydroxylation is 1. The second-order valence-corrected chi connectivity index (χ2v) is 9.04. The van der Waals surface area contributed by atoms with E-state index in [0.29, 0.717) is 41.5 Å². The maximum atomic E-state index is 13.2. The van der Waals surface area contributed by atoms with E-state index < -0.39 is 0 Å². The highest BCUT2D eigenvalue weighted by atomic mass is 32.1. The second-order valence-electron chi connectivity index (χ2n) is 7.96. The molecule has 1 unspecified atom stereocenters. The van der Waals surface area contributed by atoms with Gasteiger partial charge in [0, 0.05) is 42.1 Å². The van der Waals surface area contributed by atoms with Crippen LogP contribution in [0.5, 0.6) is 0 Å². The molecule has 3 aromatic heterocycles. The van der Waals surface area contributed by atoms with Crippen LogP contribution in [-0.4, -0.2) is 52.1 Å². The summed E-state index contributed by atoms with van der Waals surface area (Å²) in [7, 11) is 0. The maximum Gasteiger partial charge on any atom is 0.261 e. The van der Waals surface area contributed by atoms with E-state index in [2.05, 4.69) is 32.1 Å². The smallest absolute Gasteiger partial charge is 0.261 e. The van der Waals surface area contributed by atoms with Gasteiger partial charge >= 0.3 is 0 Å². The van der Waals surface area contributed by atoms with Crippen LogP contribution in [0, 0.1) is 5.92 Å². The number of aromatic nitrogens is 4. The van der Waals surface area contributed by atoms with E-state index in [-0.39, 0.29) is 5.91 Å². The van der Waals surface area contributed by atoms with Crippen LogP contribution in [0.1, 0.15) is 34.3 Å². The summed E-state index contributed by atoms with van der Waals surface area (Å²) in [6.45, 7) is 5.00. The predicted molar refractivity (Wildman–Crippen MR) is 120 cm³/mol. The van der Waals surface area contributed by atoms with E-state index in [0.717, 1.165) is 43.6 Å². The summed E-state index contributed by atoms with van der Waals surface area (Å²) in [5, 5.41) is 3.62. The van der Waals surface area contributed by atoms with E-state index >= 15 is 0 Å². The Morgan fingerprint density at radius 3 is 2.84 bits per heavy atom. The molecule has 1 aliphatic carbocycles. The number of hydrogen-bond donors (Lipinski definition) is 1. The zero-order valence-corrected chi connectivity index (χ0v) is 18.2. The lowest BCUT2D eigenvalue weighted by molar-refractivity contribution is 0.102. The number of hydrogen-bond acceptors (Lipinski definition) is 8. The fourth-order valence-electron chi connectivity index (χ4n) is 3.94. The van der Waals surface area contributed by atoms with Gasteiger partial charge in [0.05, 0.1) is 30.2 Å². The van der Waals surface area contributed by atoms with Gasteiger partial charge in [0.25, 0.3) is 5.91 Å². The normalized spacial score (nSPS) is 18.5. The highest BCUT2D eigenvalue weighted by molar-refractivity contribution is 7.15. The van der Waals surface area contributed by atoms with Gasteiger partial charge in [-0.1, -0.05) is 6.92 Å². The second kappa shape index (κ2) is 8.68. The summed E-state index contributed by atoms with van der Waals surface area (Å²) < 4.78 is 5.43. The number of thiazole rings is 1. The van der Waals surface area contributed by atoms with E-state index in [4.69, 9.17) is 9.72 Å². The van der Waals surface area contributed by atoms with Crippen molar-refractivity contribution in [1.29, 1.82) is 0 Å². The van der Waals surface area contributed by atoms with Gasteiger partial charge in [-0.05, 0) is 37.3 Å². The first kappa shape index (κ1) is 20.0. The summed E-state index contributed by atoms with van der Waals surface area (Å²) in [6, 6.07) is 3.71. The van der Waals surface area contributed by atoms with Gasteiger partial charge in [0.1, 0.15) is 0 Å². The van der Waals surface area contributed by atoms with Crippen molar-refractivity contribution in [2.24, 2.45) is 5.92 Å². The van der Waals surface area contributed by atoms with E-state index in [1.54, 1.807) is 29.9 Å². The Balaban J connectivity index is 1.45. The van der Waals surface area contributed by atoms with Crippen molar-refractivity contribution in [2.75, 3.05) is 36.5 Å². The first-order valence-corrected chi connectivity index (χ1v) is 11.4. The molecule has 0 saturated carbocycles. The number of nitrogens with zero attached hydrogens (tertiary/aromatic N) is 5. The zero-order chi connectivity index (χ0) is 21.2. The van der Waals surface area contributed by atoms with Gasteiger partial charge in [-0.15, -0.1) is 11.3 Å². The van der Waals surface area contributed by atoms with Crippen LogP contribution < -0.4 is 10.2 Å². The third-order valence-corrected chi connectivity index (χ3v) is 6.71. The number of fused-ring (bicyclic) bond motifs is 1. The number of nitrogens with one attached hydrogen (secondary N) is 1. The molecule has 0 aromatic carbocycles. The minimum Gasteiger partial charge on any atom is -0.378 e. The Morgan fingerprint density at radius 1 is 1.23 bits per heavy atom. The van der Waals surface area contributed by atoms with Crippen LogP contribution in [0.4, 0.5) is 11.1 Å². The fourth-order valence-corrected chi connectivity index (χ4v) is 5.11. The van der Waals surface area contributed by atoms with Gasteiger partial charge in [-0.3, -0.25) is 15.1 Å². The molecule has 8 nitrogen and oxygen atoms in total. The summed E-state index contributed by atoms with van der Waals surface area (Å²) in [5.41, 5.74) is 2.95. The molecule has 2 aliphatic rings. The number of anilines is 2. The van der Waals surface area contributed by atoms with Crippen LogP contribution in [0.2, 0.25) is 0 Å². The molecule has 9 heteroatoms. The molecule has 0 bridgehead atoms. The molecule has 1 fully saturated rings. The van der Waals surface area contributed by atoms with Crippen molar-refractivity contribution in [3.63, 3.8) is 0 Å². The number of morpholine rings is 1. The molecule has 1 atom stereocenters. The standard InChI is InChI=1S/C22H24N6O2S/c1-14-2-3-17-18(12-14)31-22(25-17)27-20(29)16-13-24-21(28-8-10-30-11-9-28)26-19(16)15-4-6-23-7-5-15/h4-7,13-14H,2-3,8-12H2,1H3,(H,25,27,29). The first-order chi connectivity index (χ1) is 15.2. The lowest BCUT2D eigenvalue weighted by Gasteiger charge is -2.27. The van der Waals surface area contributed by atoms with E-state index in [9.17, 15) is 4.79 Å². The Kier molecular flexibility index (Phi) is 5.61. The monoisotopic (exact) mass is 436 g/mol. The quantitative estimate of drug-likeness (QED) is 0.671. The number of rotatable bonds is 4. The molecule has 4 heterocycles. The van der Waals surface area contributed by atoms with Crippen LogP contribution in [-0.2, 0) is 17.6 Å². The molecule has 5 rings (SSSR count). The predicted octanol–water partition coefficient (Wildman–Crippen LogP) is 3.21. The van der Waals surface area contributed by atoms with Crippen molar-refractivity contribution < 1.29 is 9.53 Å². The molecule has 3 aromatic rings. The lowest BCUT2D eigenvalue weighted by atomic mass is 9.93. The summed E-state index contributed by atoms with van der Waals surface area (Å²) in [4.78, 5) is 34.6. The van der Waals surface area contributed by atoms with Gasteiger partial charge in [0.2, 0.25) is 5.95 Å². The lowest BCUT2D eigenvalue weighted by Crippen LogP contribution is -2.37. The zero-order valence-electron chi connectivity index (χ0n) is 17.4. The highest BCUT2D eigenvalue weighted by Gasteiger charge is 2.23. The third kappa shape index (κ3) is 4.28. The van der Waals surface area contributed by atoms with Crippen molar-refractivity contribution in [2.45, 2.75) is 26.2 Å². The molecule has 0 radical (unpaired) electrons. The van der Waals surface area contributed by atoms with Crippen molar-refractivity contribution in [3.8, 4) is 11.3 Å². The molecule has 0 spiro atoms. The van der Waals surface area contributed by atoms with Gasteiger partial charge < -0.3 is 9.64 Å². The Morgan fingerprint density at radius 2 is 2.03 bits per heavy atom. The largest absolute Gasteiger partial charge is 0.378 e. The van der Waals surface area contributed by atoms with Gasteiger partial charge in [-0.25, -0.2) is 15.0 Å². The third-order valence-electron chi connectivity index (χ3n) is 5.67. The van der Waals surface area contributed by atoms with Crippen LogP contribution in [0.25, 0.3) is 11.3 Å². The highest BCUT2D eigenvalue weighted by Crippen LogP contribution is 2.33. The van der Waals surface area contributed by atoms with E-state index in [1.165, 1.54) is 4.88 Å². The van der Waals surface area contributed by atoms with Crippen LogP contribution in [0.15, 0.2) is 30.7 Å². The fraction of sp³-hybridized carbons (Fsp3) is 0.409. The number of pyridine rings is 1. The molecule has 1 amide bonds. The molecule has 1 saturated heterocycles. The Hall–Kier alpha value is -2.91. The van der Waals surface area contributed by atoms with Crippen molar-refractivity contribution in [3.05, 3.63) is 46.9 Å². The number of carbonyl (C=O) groups excluding carboxylic acids is 1. The minimum atomic E-state index is -0.250. The van der Waals surface area contributed by atoms with Crippen molar-refractivity contribution >= 4 is 28.3 Å². The topological polar surface area (TPSA) is 93.1 Å². The van der Waals surface area contributed by atoms with Crippen LogP contribution >= 0.6 is 11.3 Å². The Labute approximate surface area is 184 Å². The average Bonchev–Trinajstić information content (AvgIpc) is 3.21. The average molecular weight is 437 g/mol.